The zero-order valence-corrected chi connectivity index (χ0v) is 20.3. The molecule has 0 fully saturated rings. The van der Waals surface area contributed by atoms with Crippen LogP contribution < -0.4 is 15.5 Å². The Balaban J connectivity index is 1.69. The van der Waals surface area contributed by atoms with Gasteiger partial charge in [-0.15, -0.1) is 0 Å². The molecular weight excluding hydrogens is 557 g/mol. The molecular formula is C22H13BrCl3N3O4. The third kappa shape index (κ3) is 6.79. The van der Waals surface area contributed by atoms with Crippen LogP contribution in [0.5, 0.6) is 5.75 Å². The molecule has 0 spiro atoms. The van der Waals surface area contributed by atoms with Crippen LogP contribution in [-0.2, 0) is 9.59 Å². The van der Waals surface area contributed by atoms with E-state index in [1.54, 1.807) is 30.3 Å². The Hall–Kier alpha value is -2.91. The van der Waals surface area contributed by atoms with Crippen molar-refractivity contribution in [3.63, 3.8) is 0 Å². The van der Waals surface area contributed by atoms with E-state index in [0.29, 0.717) is 15.1 Å². The zero-order chi connectivity index (χ0) is 24.0. The summed E-state index contributed by atoms with van der Waals surface area (Å²) >= 11 is 21.2. The lowest BCUT2D eigenvalue weighted by atomic mass is 10.2. The summed E-state index contributed by atoms with van der Waals surface area (Å²) in [5, 5.41) is 6.89. The number of benzene rings is 3. The van der Waals surface area contributed by atoms with E-state index in [1.165, 1.54) is 36.5 Å². The highest BCUT2D eigenvalue weighted by atomic mass is 79.9. The molecule has 0 aliphatic heterocycles. The molecule has 0 saturated carbocycles. The maximum atomic E-state index is 12.5. The van der Waals surface area contributed by atoms with E-state index in [0.717, 1.165) is 0 Å². The number of carbonyl (C=O) groups excluding carboxylic acids is 3. The molecule has 0 unspecified atom stereocenters. The second-order valence-electron chi connectivity index (χ2n) is 6.33. The summed E-state index contributed by atoms with van der Waals surface area (Å²) in [6, 6.07) is 15.7. The highest BCUT2D eigenvalue weighted by Gasteiger charge is 2.16. The average Bonchev–Trinajstić information content (AvgIpc) is 2.78. The van der Waals surface area contributed by atoms with Crippen molar-refractivity contribution in [2.45, 2.75) is 0 Å². The first-order valence-corrected chi connectivity index (χ1v) is 11.0. The van der Waals surface area contributed by atoms with Gasteiger partial charge in [0, 0.05) is 15.1 Å². The van der Waals surface area contributed by atoms with Gasteiger partial charge in [-0.25, -0.2) is 10.2 Å². The van der Waals surface area contributed by atoms with Crippen molar-refractivity contribution >= 4 is 80.4 Å². The topological polar surface area (TPSA) is 96.9 Å². The first-order valence-electron chi connectivity index (χ1n) is 9.10. The van der Waals surface area contributed by atoms with Crippen LogP contribution in [0.15, 0.2) is 70.2 Å². The molecule has 0 aliphatic carbocycles. The van der Waals surface area contributed by atoms with Gasteiger partial charge in [0.2, 0.25) is 0 Å². The largest absolute Gasteiger partial charge is 0.422 e. The Morgan fingerprint density at radius 3 is 2.42 bits per heavy atom. The van der Waals surface area contributed by atoms with E-state index in [1.807, 2.05) is 0 Å². The minimum atomic E-state index is -1.05. The fourth-order valence-electron chi connectivity index (χ4n) is 2.48. The van der Waals surface area contributed by atoms with Gasteiger partial charge in [-0.1, -0.05) is 62.9 Å². The molecule has 0 aliphatic rings. The van der Waals surface area contributed by atoms with Gasteiger partial charge in [-0.2, -0.15) is 5.10 Å². The molecule has 2 N–H and O–H groups in total. The van der Waals surface area contributed by atoms with Crippen LogP contribution in [0.4, 0.5) is 5.69 Å². The maximum absolute atomic E-state index is 12.5. The number of esters is 1. The molecule has 7 nitrogen and oxygen atoms in total. The van der Waals surface area contributed by atoms with Gasteiger partial charge in [0.1, 0.15) is 5.75 Å². The smallest absolute Gasteiger partial charge is 0.345 e. The number of halogens is 4. The molecule has 2 amide bonds. The second kappa shape index (κ2) is 11.3. The summed E-state index contributed by atoms with van der Waals surface area (Å²) < 4.78 is 6.09. The molecule has 168 valence electrons. The quantitative estimate of drug-likeness (QED) is 0.135. The summed E-state index contributed by atoms with van der Waals surface area (Å²) in [5.41, 5.74) is 2.81. The Labute approximate surface area is 211 Å². The first kappa shape index (κ1) is 24.7. The number of ether oxygens (including phenoxy) is 1. The number of carbonyl (C=O) groups is 3. The highest BCUT2D eigenvalue weighted by molar-refractivity contribution is 9.10. The van der Waals surface area contributed by atoms with E-state index in [4.69, 9.17) is 39.5 Å². The zero-order valence-electron chi connectivity index (χ0n) is 16.4. The van der Waals surface area contributed by atoms with Crippen LogP contribution in [0.3, 0.4) is 0 Å². The predicted molar refractivity (Wildman–Crippen MR) is 131 cm³/mol. The van der Waals surface area contributed by atoms with Crippen molar-refractivity contribution in [3.8, 4) is 5.75 Å². The van der Waals surface area contributed by atoms with Crippen LogP contribution in [-0.4, -0.2) is 24.0 Å². The molecule has 0 saturated heterocycles. The van der Waals surface area contributed by atoms with Crippen molar-refractivity contribution in [1.82, 2.24) is 5.43 Å². The minimum absolute atomic E-state index is 0.163. The molecule has 0 radical (unpaired) electrons. The molecule has 3 rings (SSSR count). The lowest BCUT2D eigenvalue weighted by Gasteiger charge is -2.09. The molecule has 11 heteroatoms. The SMILES string of the molecule is O=C(N/N=C\c1cc(Br)ccc1OC(=O)c1ccccc1Cl)C(=O)Nc1cc(Cl)ccc1Cl. The van der Waals surface area contributed by atoms with Gasteiger partial charge >= 0.3 is 17.8 Å². The van der Waals surface area contributed by atoms with Gasteiger partial charge in [0.15, 0.2) is 0 Å². The summed E-state index contributed by atoms with van der Waals surface area (Å²) in [6.07, 6.45) is 1.22. The van der Waals surface area contributed by atoms with Crippen LogP contribution in [0.1, 0.15) is 15.9 Å². The van der Waals surface area contributed by atoms with Crippen LogP contribution in [0.2, 0.25) is 15.1 Å². The molecule has 0 aromatic heterocycles. The number of nitrogens with one attached hydrogen (secondary N) is 2. The number of nitrogens with zero attached hydrogens (tertiary/aromatic N) is 1. The third-order valence-corrected chi connectivity index (χ3v) is 5.41. The lowest BCUT2D eigenvalue weighted by molar-refractivity contribution is -0.136. The van der Waals surface area contributed by atoms with E-state index in [2.05, 4.69) is 31.8 Å². The van der Waals surface area contributed by atoms with Gasteiger partial charge < -0.3 is 10.1 Å². The van der Waals surface area contributed by atoms with Gasteiger partial charge in [-0.05, 0) is 48.5 Å². The fourth-order valence-corrected chi connectivity index (χ4v) is 3.41. The Morgan fingerprint density at radius 1 is 0.909 bits per heavy atom. The van der Waals surface area contributed by atoms with E-state index >= 15 is 0 Å². The van der Waals surface area contributed by atoms with Crippen molar-refractivity contribution in [3.05, 3.63) is 91.3 Å². The van der Waals surface area contributed by atoms with Crippen molar-refractivity contribution in [2.24, 2.45) is 5.10 Å². The van der Waals surface area contributed by atoms with Crippen molar-refractivity contribution in [2.75, 3.05) is 5.32 Å². The van der Waals surface area contributed by atoms with Gasteiger partial charge in [0.05, 0.1) is 27.5 Å². The van der Waals surface area contributed by atoms with Gasteiger partial charge in [0.25, 0.3) is 0 Å². The molecule has 0 heterocycles. The van der Waals surface area contributed by atoms with E-state index < -0.39 is 17.8 Å². The second-order valence-corrected chi connectivity index (χ2v) is 8.50. The Bertz CT molecular complexity index is 1270. The normalized spacial score (nSPS) is 10.7. The number of rotatable bonds is 5. The van der Waals surface area contributed by atoms with Crippen molar-refractivity contribution in [1.29, 1.82) is 0 Å². The van der Waals surface area contributed by atoms with E-state index in [-0.39, 0.29) is 27.0 Å². The summed E-state index contributed by atoms with van der Waals surface area (Å²) in [4.78, 5) is 36.6. The molecule has 3 aromatic rings. The number of anilines is 1. The predicted octanol–water partition coefficient (Wildman–Crippen LogP) is 5.72. The summed E-state index contributed by atoms with van der Waals surface area (Å²) in [5.74, 6) is -2.56. The molecule has 3 aromatic carbocycles. The number of hydrazone groups is 1. The number of hydrogen-bond donors (Lipinski definition) is 2. The number of hydrogen-bond acceptors (Lipinski definition) is 5. The lowest BCUT2D eigenvalue weighted by Crippen LogP contribution is -2.32. The summed E-state index contributed by atoms with van der Waals surface area (Å²) in [6.45, 7) is 0. The van der Waals surface area contributed by atoms with E-state index in [9.17, 15) is 14.4 Å². The third-order valence-electron chi connectivity index (χ3n) is 4.02. The fraction of sp³-hybridized carbons (Fsp3) is 0. The maximum Gasteiger partial charge on any atom is 0.345 e. The molecule has 33 heavy (non-hydrogen) atoms. The van der Waals surface area contributed by atoms with Crippen molar-refractivity contribution < 1.29 is 19.1 Å². The monoisotopic (exact) mass is 567 g/mol. The Morgan fingerprint density at radius 2 is 1.67 bits per heavy atom. The number of amides is 2. The Kier molecular flexibility index (Phi) is 8.46. The molecule has 0 bridgehead atoms. The highest BCUT2D eigenvalue weighted by Crippen LogP contribution is 2.26. The van der Waals surface area contributed by atoms with Gasteiger partial charge in [-0.3, -0.25) is 9.59 Å². The van der Waals surface area contributed by atoms with Crippen LogP contribution in [0.25, 0.3) is 0 Å². The average molecular weight is 570 g/mol. The standard InChI is InChI=1S/C22H13BrCl3N3O4/c23-13-5-8-19(33-22(32)15-3-1-2-4-16(15)25)12(9-13)11-27-29-21(31)20(30)28-18-10-14(24)6-7-17(18)26/h1-11H,(H,28,30)(H,29,31)/b27-11-. The van der Waals surface area contributed by atoms with Crippen LogP contribution >= 0.6 is 50.7 Å². The molecule has 0 atom stereocenters. The minimum Gasteiger partial charge on any atom is -0.422 e. The first-order chi connectivity index (χ1) is 15.7. The summed E-state index contributed by atoms with van der Waals surface area (Å²) in [7, 11) is 0. The van der Waals surface area contributed by atoms with Crippen LogP contribution in [0, 0.1) is 0 Å².